The topological polar surface area (TPSA) is 52.6 Å². The summed E-state index contributed by atoms with van der Waals surface area (Å²) in [5.74, 6) is 2.05. The van der Waals surface area contributed by atoms with Gasteiger partial charge >= 0.3 is 11.9 Å². The Labute approximate surface area is 153 Å². The summed E-state index contributed by atoms with van der Waals surface area (Å²) in [6, 6.07) is 0. The van der Waals surface area contributed by atoms with Gasteiger partial charge in [-0.2, -0.15) is 0 Å². The van der Waals surface area contributed by atoms with E-state index >= 15 is 0 Å². The summed E-state index contributed by atoms with van der Waals surface area (Å²) in [6.45, 7) is 7.65. The molecular formula is C19H29BrO4. The Hall–Kier alpha value is -0.580. The van der Waals surface area contributed by atoms with Gasteiger partial charge in [0.15, 0.2) is 6.10 Å². The highest BCUT2D eigenvalue weighted by molar-refractivity contribution is 9.10. The highest BCUT2D eigenvalue weighted by Crippen LogP contribution is 2.61. The third-order valence-corrected chi connectivity index (χ3v) is 6.92. The van der Waals surface area contributed by atoms with Crippen LogP contribution in [-0.2, 0) is 19.1 Å². The van der Waals surface area contributed by atoms with Crippen LogP contribution in [0, 0.1) is 29.6 Å². The second-order valence-corrected chi connectivity index (χ2v) is 9.80. The fourth-order valence-corrected chi connectivity index (χ4v) is 5.83. The zero-order chi connectivity index (χ0) is 17.6. The van der Waals surface area contributed by atoms with Crippen molar-refractivity contribution in [3.05, 3.63) is 0 Å². The standard InChI is InChI=1S/C19H29BrO4/c1-10(2)19(24-18(22)12(4)23-17(21)11(3)20)15-6-13-5-14(8-15)9-16(19)7-13/h10-16H,5-9H2,1-4H3. The van der Waals surface area contributed by atoms with Gasteiger partial charge in [0.1, 0.15) is 10.4 Å². The predicted octanol–water partition coefficient (Wildman–Crippen LogP) is 4.10. The molecule has 24 heavy (non-hydrogen) atoms. The van der Waals surface area contributed by atoms with E-state index in [1.807, 2.05) is 0 Å². The van der Waals surface area contributed by atoms with E-state index in [1.165, 1.54) is 32.1 Å². The van der Waals surface area contributed by atoms with E-state index in [2.05, 4.69) is 29.8 Å². The van der Waals surface area contributed by atoms with Crippen molar-refractivity contribution in [2.75, 3.05) is 0 Å². The first kappa shape index (κ1) is 18.2. The average molecular weight is 401 g/mol. The van der Waals surface area contributed by atoms with E-state index in [4.69, 9.17) is 9.47 Å². The zero-order valence-electron chi connectivity index (χ0n) is 15.1. The molecular weight excluding hydrogens is 372 g/mol. The van der Waals surface area contributed by atoms with Crippen molar-refractivity contribution in [3.63, 3.8) is 0 Å². The van der Waals surface area contributed by atoms with Crippen LogP contribution in [0.15, 0.2) is 0 Å². The van der Waals surface area contributed by atoms with Gasteiger partial charge in [0.2, 0.25) is 0 Å². The Morgan fingerprint density at radius 3 is 1.83 bits per heavy atom. The van der Waals surface area contributed by atoms with Crippen molar-refractivity contribution in [1.29, 1.82) is 0 Å². The van der Waals surface area contributed by atoms with Gasteiger partial charge in [-0.3, -0.25) is 4.79 Å². The molecule has 4 rings (SSSR count). The maximum absolute atomic E-state index is 12.7. The summed E-state index contributed by atoms with van der Waals surface area (Å²) in [6.07, 6.45) is 5.25. The fourth-order valence-electron chi connectivity index (χ4n) is 5.72. The molecule has 4 aliphatic carbocycles. The van der Waals surface area contributed by atoms with E-state index in [1.54, 1.807) is 13.8 Å². The molecule has 4 aliphatic rings. The lowest BCUT2D eigenvalue weighted by Crippen LogP contribution is -2.62. The molecule has 4 bridgehead atoms. The lowest BCUT2D eigenvalue weighted by molar-refractivity contribution is -0.231. The number of hydrogen-bond acceptors (Lipinski definition) is 4. The molecule has 136 valence electrons. The Bertz CT molecular complexity index is 485. The van der Waals surface area contributed by atoms with E-state index in [-0.39, 0.29) is 11.5 Å². The van der Waals surface area contributed by atoms with Gasteiger partial charge in [0.05, 0.1) is 0 Å². The third-order valence-electron chi connectivity index (χ3n) is 6.54. The maximum atomic E-state index is 12.7. The number of ether oxygens (including phenoxy) is 2. The molecule has 2 unspecified atom stereocenters. The minimum Gasteiger partial charge on any atom is -0.455 e. The minimum absolute atomic E-state index is 0.287. The SMILES string of the molecule is CC(Br)C(=O)OC(C)C(=O)OC1(C(C)C)C2CC3CC(C2)CC1C3. The van der Waals surface area contributed by atoms with Crippen LogP contribution in [-0.4, -0.2) is 28.5 Å². The second-order valence-electron chi connectivity index (χ2n) is 8.43. The molecule has 2 atom stereocenters. The van der Waals surface area contributed by atoms with Gasteiger partial charge in [0.25, 0.3) is 0 Å². The highest BCUT2D eigenvalue weighted by atomic mass is 79.9. The number of esters is 2. The summed E-state index contributed by atoms with van der Waals surface area (Å²) in [7, 11) is 0. The van der Waals surface area contributed by atoms with E-state index in [0.717, 1.165) is 11.8 Å². The Morgan fingerprint density at radius 2 is 1.42 bits per heavy atom. The van der Waals surface area contributed by atoms with Crippen LogP contribution >= 0.6 is 15.9 Å². The van der Waals surface area contributed by atoms with Crippen molar-refractivity contribution in [1.82, 2.24) is 0 Å². The number of carbonyl (C=O) groups excluding carboxylic acids is 2. The minimum atomic E-state index is -0.856. The van der Waals surface area contributed by atoms with Crippen molar-refractivity contribution in [2.45, 2.75) is 76.3 Å². The van der Waals surface area contributed by atoms with Crippen molar-refractivity contribution in [2.24, 2.45) is 29.6 Å². The van der Waals surface area contributed by atoms with Crippen LogP contribution in [0.2, 0.25) is 0 Å². The first-order valence-electron chi connectivity index (χ1n) is 9.31. The monoisotopic (exact) mass is 400 g/mol. The molecule has 0 heterocycles. The van der Waals surface area contributed by atoms with Crippen LogP contribution in [0.4, 0.5) is 0 Å². The molecule has 0 saturated heterocycles. The number of hydrogen-bond donors (Lipinski definition) is 0. The molecule has 0 aromatic rings. The van der Waals surface area contributed by atoms with Gasteiger partial charge in [-0.05, 0) is 75.5 Å². The smallest absolute Gasteiger partial charge is 0.347 e. The summed E-state index contributed by atoms with van der Waals surface area (Å²) in [5.41, 5.74) is -0.370. The number of carbonyl (C=O) groups is 2. The quantitative estimate of drug-likeness (QED) is 0.514. The Balaban J connectivity index is 1.75. The Kier molecular flexibility index (Phi) is 5.03. The number of alkyl halides is 1. The van der Waals surface area contributed by atoms with E-state index in [9.17, 15) is 9.59 Å². The third kappa shape index (κ3) is 3.02. The average Bonchev–Trinajstić information content (AvgIpc) is 2.49. The molecule has 0 aromatic carbocycles. The molecule has 4 fully saturated rings. The fraction of sp³-hybridized carbons (Fsp3) is 0.895. The first-order valence-corrected chi connectivity index (χ1v) is 10.2. The summed E-state index contributed by atoms with van der Waals surface area (Å²) in [4.78, 5) is 24.0. The summed E-state index contributed by atoms with van der Waals surface area (Å²) in [5, 5.41) is 0. The molecule has 4 saturated carbocycles. The first-order chi connectivity index (χ1) is 11.2. The van der Waals surface area contributed by atoms with Crippen molar-refractivity contribution < 1.29 is 19.1 Å². The van der Waals surface area contributed by atoms with Gasteiger partial charge in [-0.1, -0.05) is 29.8 Å². The Morgan fingerprint density at radius 1 is 0.917 bits per heavy atom. The van der Waals surface area contributed by atoms with Crippen LogP contribution in [0.3, 0.4) is 0 Å². The van der Waals surface area contributed by atoms with Crippen LogP contribution in [0.1, 0.15) is 59.8 Å². The van der Waals surface area contributed by atoms with Gasteiger partial charge in [-0.25, -0.2) is 4.79 Å². The van der Waals surface area contributed by atoms with E-state index < -0.39 is 22.9 Å². The molecule has 0 N–H and O–H groups in total. The molecule has 0 spiro atoms. The predicted molar refractivity (Wildman–Crippen MR) is 94.6 cm³/mol. The lowest BCUT2D eigenvalue weighted by Gasteiger charge is -2.61. The van der Waals surface area contributed by atoms with Gasteiger partial charge in [-0.15, -0.1) is 0 Å². The largest absolute Gasteiger partial charge is 0.455 e. The summed E-state index contributed by atoms with van der Waals surface area (Å²) >= 11 is 3.17. The van der Waals surface area contributed by atoms with Gasteiger partial charge < -0.3 is 9.47 Å². The highest BCUT2D eigenvalue weighted by Gasteiger charge is 2.61. The normalized spacial score (nSPS) is 39.6. The molecule has 4 nitrogen and oxygen atoms in total. The molecule has 5 heteroatoms. The van der Waals surface area contributed by atoms with Gasteiger partial charge in [0, 0.05) is 0 Å². The number of rotatable bonds is 5. The molecule has 0 radical (unpaired) electrons. The van der Waals surface area contributed by atoms with E-state index in [0.29, 0.717) is 11.8 Å². The lowest BCUT2D eigenvalue weighted by atomic mass is 9.47. The second kappa shape index (κ2) is 6.62. The molecule has 0 aromatic heterocycles. The van der Waals surface area contributed by atoms with Crippen molar-refractivity contribution >= 4 is 27.9 Å². The maximum Gasteiger partial charge on any atom is 0.347 e. The molecule has 0 aliphatic heterocycles. The number of halogens is 1. The van der Waals surface area contributed by atoms with Crippen LogP contribution in [0.5, 0.6) is 0 Å². The zero-order valence-corrected chi connectivity index (χ0v) is 16.7. The van der Waals surface area contributed by atoms with Crippen LogP contribution in [0.25, 0.3) is 0 Å². The molecule has 0 amide bonds. The summed E-state index contributed by atoms with van der Waals surface area (Å²) < 4.78 is 11.4. The van der Waals surface area contributed by atoms with Crippen molar-refractivity contribution in [3.8, 4) is 0 Å². The van der Waals surface area contributed by atoms with Crippen LogP contribution < -0.4 is 0 Å².